The number of carbonyl (C=O) groups excluding carboxylic acids is 1. The maximum Gasteiger partial charge on any atom is 0.253 e. The molecule has 1 aromatic carbocycles. The number of rotatable bonds is 4. The quantitative estimate of drug-likeness (QED) is 0.927. The Bertz CT molecular complexity index is 489. The van der Waals surface area contributed by atoms with Gasteiger partial charge >= 0.3 is 0 Å². The van der Waals surface area contributed by atoms with Gasteiger partial charge in [-0.1, -0.05) is 0 Å². The van der Waals surface area contributed by atoms with Crippen molar-refractivity contribution in [3.63, 3.8) is 0 Å². The van der Waals surface area contributed by atoms with Crippen LogP contribution in [0.1, 0.15) is 25.7 Å². The van der Waals surface area contributed by atoms with E-state index in [4.69, 9.17) is 9.47 Å². The lowest BCUT2D eigenvalue weighted by atomic mass is 10.1. The normalized spacial score (nSPS) is 23.4. The topological polar surface area (TPSA) is 50.8 Å². The zero-order valence-corrected chi connectivity index (χ0v) is 13.1. The number of nitrogens with one attached hydrogen (secondary N) is 1. The third-order valence-electron chi connectivity index (χ3n) is 4.31. The summed E-state index contributed by atoms with van der Waals surface area (Å²) in [5.74, 6) is 0.811. The number of carbonyl (C=O) groups is 1. The Labute approximate surface area is 131 Å². The van der Waals surface area contributed by atoms with Gasteiger partial charge in [0.2, 0.25) is 0 Å². The summed E-state index contributed by atoms with van der Waals surface area (Å²) in [5.41, 5.74) is 0.788. The minimum atomic E-state index is -0.296. The van der Waals surface area contributed by atoms with Gasteiger partial charge in [0.25, 0.3) is 5.91 Å². The van der Waals surface area contributed by atoms with Crippen LogP contribution in [0.25, 0.3) is 0 Å². The van der Waals surface area contributed by atoms with E-state index in [9.17, 15) is 4.79 Å². The van der Waals surface area contributed by atoms with Crippen LogP contribution in [0, 0.1) is 0 Å². The van der Waals surface area contributed by atoms with Gasteiger partial charge < -0.3 is 19.7 Å². The zero-order chi connectivity index (χ0) is 15.4. The number of anilines is 1. The van der Waals surface area contributed by atoms with Crippen LogP contribution in [0.4, 0.5) is 5.69 Å². The van der Waals surface area contributed by atoms with E-state index >= 15 is 0 Å². The van der Waals surface area contributed by atoms with E-state index in [1.54, 1.807) is 0 Å². The van der Waals surface area contributed by atoms with Crippen molar-refractivity contribution >= 4 is 11.6 Å². The molecule has 1 atom stereocenters. The molecule has 0 saturated carbocycles. The summed E-state index contributed by atoms with van der Waals surface area (Å²) in [6.07, 6.45) is 3.89. The molecule has 3 rings (SSSR count). The molecular weight excluding hydrogens is 280 g/mol. The Morgan fingerprint density at radius 3 is 2.59 bits per heavy atom. The Kier molecular flexibility index (Phi) is 4.95. The summed E-state index contributed by atoms with van der Waals surface area (Å²) in [6, 6.07) is 7.61. The predicted molar refractivity (Wildman–Crippen MR) is 85.2 cm³/mol. The highest BCUT2D eigenvalue weighted by molar-refractivity contribution is 5.94. The Balaban J connectivity index is 1.50. The second-order valence-corrected chi connectivity index (χ2v) is 6.14. The molecule has 2 aliphatic heterocycles. The maximum absolute atomic E-state index is 12.0. The third-order valence-corrected chi connectivity index (χ3v) is 4.31. The van der Waals surface area contributed by atoms with Crippen LogP contribution in [-0.2, 0) is 9.53 Å². The second kappa shape index (κ2) is 7.11. The van der Waals surface area contributed by atoms with Crippen molar-refractivity contribution in [2.45, 2.75) is 37.9 Å². The molecular formula is C17H24N2O3. The molecule has 120 valence electrons. The number of hydrogen-bond acceptors (Lipinski definition) is 4. The van der Waals surface area contributed by atoms with Crippen LogP contribution in [-0.4, -0.2) is 49.8 Å². The fourth-order valence-corrected chi connectivity index (χ4v) is 2.92. The number of benzene rings is 1. The summed E-state index contributed by atoms with van der Waals surface area (Å²) in [4.78, 5) is 14.3. The molecule has 0 aromatic heterocycles. The van der Waals surface area contributed by atoms with Gasteiger partial charge in [-0.2, -0.15) is 0 Å². The highest BCUT2D eigenvalue weighted by atomic mass is 16.5. The smallest absolute Gasteiger partial charge is 0.253 e. The van der Waals surface area contributed by atoms with Crippen LogP contribution < -0.4 is 10.1 Å². The molecule has 0 radical (unpaired) electrons. The molecule has 0 spiro atoms. The lowest BCUT2D eigenvalue weighted by molar-refractivity contribution is -0.124. The first-order valence-electron chi connectivity index (χ1n) is 8.08. The SMILES string of the molecule is CN1CCC(Oc2ccc(NC(=O)[C@H]3CCCO3)cc2)CC1. The lowest BCUT2D eigenvalue weighted by Gasteiger charge is -2.29. The Hall–Kier alpha value is -1.59. The molecule has 2 saturated heterocycles. The molecule has 2 heterocycles. The van der Waals surface area contributed by atoms with E-state index < -0.39 is 0 Å². The molecule has 1 amide bonds. The average molecular weight is 304 g/mol. The average Bonchev–Trinajstić information content (AvgIpc) is 3.06. The van der Waals surface area contributed by atoms with Gasteiger partial charge in [0.15, 0.2) is 0 Å². The monoisotopic (exact) mass is 304 g/mol. The van der Waals surface area contributed by atoms with E-state index in [1.807, 2.05) is 24.3 Å². The first-order chi connectivity index (χ1) is 10.7. The van der Waals surface area contributed by atoms with Crippen molar-refractivity contribution in [1.82, 2.24) is 4.90 Å². The van der Waals surface area contributed by atoms with Gasteiger partial charge in [0.1, 0.15) is 18.0 Å². The number of likely N-dealkylation sites (tertiary alicyclic amines) is 1. The summed E-state index contributed by atoms with van der Waals surface area (Å²) in [6.45, 7) is 2.85. The lowest BCUT2D eigenvalue weighted by Crippen LogP contribution is -2.35. The summed E-state index contributed by atoms with van der Waals surface area (Å²) in [5, 5.41) is 2.89. The third kappa shape index (κ3) is 3.99. The van der Waals surface area contributed by atoms with E-state index in [0.717, 1.165) is 50.2 Å². The number of ether oxygens (including phenoxy) is 2. The van der Waals surface area contributed by atoms with Gasteiger partial charge in [0.05, 0.1) is 0 Å². The molecule has 0 unspecified atom stereocenters. The fourth-order valence-electron chi connectivity index (χ4n) is 2.92. The van der Waals surface area contributed by atoms with Crippen LogP contribution >= 0.6 is 0 Å². The molecule has 1 N–H and O–H groups in total. The van der Waals surface area contributed by atoms with Crippen molar-refractivity contribution in [2.75, 3.05) is 32.1 Å². The predicted octanol–water partition coefficient (Wildman–Crippen LogP) is 2.28. The van der Waals surface area contributed by atoms with Crippen LogP contribution in [0.3, 0.4) is 0 Å². The van der Waals surface area contributed by atoms with Gasteiger partial charge in [-0.05, 0) is 57.0 Å². The Morgan fingerprint density at radius 2 is 1.95 bits per heavy atom. The maximum atomic E-state index is 12.0. The minimum absolute atomic E-state index is 0.0542. The first kappa shape index (κ1) is 15.3. The summed E-state index contributed by atoms with van der Waals surface area (Å²) < 4.78 is 11.4. The van der Waals surface area contributed by atoms with Gasteiger partial charge in [-0.25, -0.2) is 0 Å². The van der Waals surface area contributed by atoms with Crippen molar-refractivity contribution in [3.05, 3.63) is 24.3 Å². The first-order valence-corrected chi connectivity index (χ1v) is 8.08. The van der Waals surface area contributed by atoms with Crippen molar-refractivity contribution in [2.24, 2.45) is 0 Å². The molecule has 0 bridgehead atoms. The fraction of sp³-hybridized carbons (Fsp3) is 0.588. The number of amides is 1. The largest absolute Gasteiger partial charge is 0.490 e. The van der Waals surface area contributed by atoms with Gasteiger partial charge in [-0.15, -0.1) is 0 Å². The van der Waals surface area contributed by atoms with E-state index in [-0.39, 0.29) is 12.0 Å². The molecule has 1 aromatic rings. The summed E-state index contributed by atoms with van der Waals surface area (Å²) in [7, 11) is 2.14. The van der Waals surface area contributed by atoms with Crippen molar-refractivity contribution in [1.29, 1.82) is 0 Å². The van der Waals surface area contributed by atoms with Crippen LogP contribution in [0.5, 0.6) is 5.75 Å². The minimum Gasteiger partial charge on any atom is -0.490 e. The number of nitrogens with zero attached hydrogens (tertiary/aromatic N) is 1. The van der Waals surface area contributed by atoms with Crippen LogP contribution in [0.2, 0.25) is 0 Å². The molecule has 22 heavy (non-hydrogen) atoms. The van der Waals surface area contributed by atoms with Crippen molar-refractivity contribution < 1.29 is 14.3 Å². The highest BCUT2D eigenvalue weighted by Crippen LogP contribution is 2.21. The second-order valence-electron chi connectivity index (χ2n) is 6.14. The molecule has 2 aliphatic rings. The molecule has 0 aliphatic carbocycles. The number of piperidine rings is 1. The summed E-state index contributed by atoms with van der Waals surface area (Å²) >= 11 is 0. The highest BCUT2D eigenvalue weighted by Gasteiger charge is 2.23. The van der Waals surface area contributed by atoms with E-state index in [0.29, 0.717) is 12.7 Å². The van der Waals surface area contributed by atoms with Gasteiger partial charge in [-0.3, -0.25) is 4.79 Å². The Morgan fingerprint density at radius 1 is 1.23 bits per heavy atom. The molecule has 5 heteroatoms. The number of hydrogen-bond donors (Lipinski definition) is 1. The van der Waals surface area contributed by atoms with Crippen LogP contribution in [0.15, 0.2) is 24.3 Å². The molecule has 2 fully saturated rings. The molecule has 5 nitrogen and oxygen atoms in total. The van der Waals surface area contributed by atoms with E-state index in [2.05, 4.69) is 17.3 Å². The van der Waals surface area contributed by atoms with Gasteiger partial charge in [0, 0.05) is 25.4 Å². The van der Waals surface area contributed by atoms with E-state index in [1.165, 1.54) is 0 Å². The zero-order valence-electron chi connectivity index (χ0n) is 13.1. The standard InChI is InChI=1S/C17H24N2O3/c1-19-10-8-15(9-11-19)22-14-6-4-13(5-7-14)18-17(20)16-3-2-12-21-16/h4-7,15-16H,2-3,8-12H2,1H3,(H,18,20)/t16-/m1/s1. The van der Waals surface area contributed by atoms with Crippen molar-refractivity contribution in [3.8, 4) is 5.75 Å².